The van der Waals surface area contributed by atoms with Crippen LogP contribution in [0.3, 0.4) is 0 Å². The fraction of sp³-hybridized carbons (Fsp3) is 0.714. The summed E-state index contributed by atoms with van der Waals surface area (Å²) in [6.07, 6.45) is 3.15. The normalized spacial score (nSPS) is 22.9. The van der Waals surface area contributed by atoms with Gasteiger partial charge < -0.3 is 10.3 Å². The van der Waals surface area contributed by atoms with Gasteiger partial charge in [0.25, 0.3) is 0 Å². The highest BCUT2D eigenvalue weighted by Crippen LogP contribution is 2.31. The van der Waals surface area contributed by atoms with Crippen LogP contribution in [0.15, 0.2) is 0 Å². The van der Waals surface area contributed by atoms with Gasteiger partial charge >= 0.3 is 0 Å². The molecule has 0 saturated carbocycles. The Morgan fingerprint density at radius 1 is 1.37 bits per heavy atom. The van der Waals surface area contributed by atoms with E-state index in [1.165, 1.54) is 6.42 Å². The number of nitrogens with zero attached hydrogens (tertiary/aromatic N) is 3. The standard InChI is InChI=1S/C14H25N5/c1-5-6-12-16-13(18-15)11(4)14(17-12)19-8-9(2)7-10(19)3/h9-10H,5-8,15H2,1-4H3,(H,16,17,18). The summed E-state index contributed by atoms with van der Waals surface area (Å²) in [5.74, 6) is 8.97. The Kier molecular flexibility index (Phi) is 4.24. The Bertz CT molecular complexity index is 446. The van der Waals surface area contributed by atoms with Gasteiger partial charge in [-0.1, -0.05) is 13.8 Å². The largest absolute Gasteiger partial charge is 0.353 e. The highest BCUT2D eigenvalue weighted by Gasteiger charge is 2.29. The molecule has 1 aliphatic heterocycles. The highest BCUT2D eigenvalue weighted by atomic mass is 15.3. The van der Waals surface area contributed by atoms with Crippen molar-refractivity contribution in [2.24, 2.45) is 11.8 Å². The average Bonchev–Trinajstić information content (AvgIpc) is 2.70. The number of aromatic nitrogens is 2. The van der Waals surface area contributed by atoms with E-state index in [4.69, 9.17) is 10.8 Å². The monoisotopic (exact) mass is 263 g/mol. The number of anilines is 2. The van der Waals surface area contributed by atoms with Crippen molar-refractivity contribution in [3.8, 4) is 0 Å². The van der Waals surface area contributed by atoms with Gasteiger partial charge in [0.1, 0.15) is 17.5 Å². The Morgan fingerprint density at radius 3 is 2.63 bits per heavy atom. The Balaban J connectivity index is 2.40. The van der Waals surface area contributed by atoms with Crippen molar-refractivity contribution in [2.45, 2.75) is 53.0 Å². The van der Waals surface area contributed by atoms with Gasteiger partial charge in [0.2, 0.25) is 0 Å². The molecule has 5 nitrogen and oxygen atoms in total. The molecule has 3 N–H and O–H groups in total. The molecule has 0 aromatic carbocycles. The van der Waals surface area contributed by atoms with E-state index in [9.17, 15) is 0 Å². The first-order valence-electron chi connectivity index (χ1n) is 7.17. The number of nitrogens with one attached hydrogen (secondary N) is 1. The number of hydrogen-bond donors (Lipinski definition) is 2. The Labute approximate surface area is 115 Å². The fourth-order valence-corrected chi connectivity index (χ4v) is 2.90. The van der Waals surface area contributed by atoms with Crippen LogP contribution in [0, 0.1) is 12.8 Å². The quantitative estimate of drug-likeness (QED) is 0.644. The molecule has 0 radical (unpaired) electrons. The molecule has 0 aliphatic carbocycles. The minimum Gasteiger partial charge on any atom is -0.353 e. The second kappa shape index (κ2) is 5.74. The summed E-state index contributed by atoms with van der Waals surface area (Å²) in [4.78, 5) is 11.6. The molecule has 1 aromatic rings. The van der Waals surface area contributed by atoms with Gasteiger partial charge in [0, 0.05) is 24.6 Å². The molecule has 5 heteroatoms. The maximum absolute atomic E-state index is 5.59. The van der Waals surface area contributed by atoms with Crippen molar-refractivity contribution in [2.75, 3.05) is 16.9 Å². The topological polar surface area (TPSA) is 67.1 Å². The van der Waals surface area contributed by atoms with Crippen molar-refractivity contribution in [1.82, 2.24) is 9.97 Å². The third kappa shape index (κ3) is 2.81. The lowest BCUT2D eigenvalue weighted by molar-refractivity contribution is 0.625. The molecule has 19 heavy (non-hydrogen) atoms. The van der Waals surface area contributed by atoms with Crippen LogP contribution in [0.2, 0.25) is 0 Å². The molecule has 2 atom stereocenters. The molecule has 0 spiro atoms. The van der Waals surface area contributed by atoms with Gasteiger partial charge in [-0.15, -0.1) is 0 Å². The molecule has 1 saturated heterocycles. The molecule has 2 rings (SSSR count). The van der Waals surface area contributed by atoms with Gasteiger partial charge in [-0.3, -0.25) is 0 Å². The maximum Gasteiger partial charge on any atom is 0.148 e. The number of hydrazine groups is 1. The average molecular weight is 263 g/mol. The van der Waals surface area contributed by atoms with E-state index in [1.54, 1.807) is 0 Å². The molecular weight excluding hydrogens is 238 g/mol. The van der Waals surface area contributed by atoms with E-state index in [2.05, 4.69) is 36.1 Å². The molecule has 0 bridgehead atoms. The summed E-state index contributed by atoms with van der Waals surface area (Å²) in [6.45, 7) is 9.80. The number of hydrogen-bond acceptors (Lipinski definition) is 5. The van der Waals surface area contributed by atoms with Crippen molar-refractivity contribution in [1.29, 1.82) is 0 Å². The second-order valence-corrected chi connectivity index (χ2v) is 5.67. The van der Waals surface area contributed by atoms with Crippen molar-refractivity contribution in [3.63, 3.8) is 0 Å². The van der Waals surface area contributed by atoms with E-state index in [0.29, 0.717) is 12.0 Å². The van der Waals surface area contributed by atoms with Crippen molar-refractivity contribution in [3.05, 3.63) is 11.4 Å². The van der Waals surface area contributed by atoms with Crippen LogP contribution in [0.25, 0.3) is 0 Å². The summed E-state index contributed by atoms with van der Waals surface area (Å²) in [5.41, 5.74) is 3.75. The summed E-state index contributed by atoms with van der Waals surface area (Å²) in [7, 11) is 0. The minimum atomic E-state index is 0.531. The van der Waals surface area contributed by atoms with Crippen LogP contribution < -0.4 is 16.2 Å². The summed E-state index contributed by atoms with van der Waals surface area (Å²) >= 11 is 0. The van der Waals surface area contributed by atoms with E-state index < -0.39 is 0 Å². The molecule has 106 valence electrons. The van der Waals surface area contributed by atoms with Crippen LogP contribution in [-0.2, 0) is 6.42 Å². The van der Waals surface area contributed by atoms with Gasteiger partial charge in [0.05, 0.1) is 0 Å². The third-order valence-corrected chi connectivity index (χ3v) is 3.83. The SMILES string of the molecule is CCCc1nc(NN)c(C)c(N2CC(C)CC2C)n1. The molecule has 1 aliphatic rings. The van der Waals surface area contributed by atoms with Crippen LogP contribution in [0.1, 0.15) is 45.0 Å². The Hall–Kier alpha value is -1.36. The van der Waals surface area contributed by atoms with E-state index in [-0.39, 0.29) is 0 Å². The number of rotatable bonds is 4. The van der Waals surface area contributed by atoms with Gasteiger partial charge in [0.15, 0.2) is 0 Å². The molecule has 2 unspecified atom stereocenters. The smallest absolute Gasteiger partial charge is 0.148 e. The predicted molar refractivity (Wildman–Crippen MR) is 79.2 cm³/mol. The van der Waals surface area contributed by atoms with Crippen LogP contribution >= 0.6 is 0 Å². The van der Waals surface area contributed by atoms with Crippen LogP contribution in [-0.4, -0.2) is 22.6 Å². The van der Waals surface area contributed by atoms with Gasteiger partial charge in [-0.25, -0.2) is 15.8 Å². The first kappa shape index (κ1) is 14.1. The highest BCUT2D eigenvalue weighted by molar-refractivity contribution is 5.59. The van der Waals surface area contributed by atoms with E-state index >= 15 is 0 Å². The lowest BCUT2D eigenvalue weighted by Gasteiger charge is -2.25. The molecule has 1 aromatic heterocycles. The molecule has 2 heterocycles. The van der Waals surface area contributed by atoms with Crippen LogP contribution in [0.4, 0.5) is 11.6 Å². The maximum atomic E-state index is 5.59. The summed E-state index contributed by atoms with van der Waals surface area (Å²) in [6, 6.07) is 0.531. The number of nitrogens with two attached hydrogens (primary N) is 1. The minimum absolute atomic E-state index is 0.531. The zero-order valence-electron chi connectivity index (χ0n) is 12.4. The number of aryl methyl sites for hydroxylation is 1. The molecular formula is C14H25N5. The van der Waals surface area contributed by atoms with Crippen molar-refractivity contribution < 1.29 is 0 Å². The first-order valence-corrected chi connectivity index (χ1v) is 7.17. The number of nitrogen functional groups attached to an aromatic ring is 1. The Morgan fingerprint density at radius 2 is 2.11 bits per heavy atom. The van der Waals surface area contributed by atoms with Gasteiger partial charge in [-0.05, 0) is 32.6 Å². The lowest BCUT2D eigenvalue weighted by atomic mass is 10.1. The van der Waals surface area contributed by atoms with Crippen molar-refractivity contribution >= 4 is 11.6 Å². The zero-order chi connectivity index (χ0) is 14.0. The molecule has 1 fully saturated rings. The van der Waals surface area contributed by atoms with Gasteiger partial charge in [-0.2, -0.15) is 0 Å². The first-order chi connectivity index (χ1) is 9.06. The lowest BCUT2D eigenvalue weighted by Crippen LogP contribution is -2.29. The van der Waals surface area contributed by atoms with Crippen LogP contribution in [0.5, 0.6) is 0 Å². The molecule has 0 amide bonds. The predicted octanol–water partition coefficient (Wildman–Crippen LogP) is 2.26. The fourth-order valence-electron chi connectivity index (χ4n) is 2.90. The van der Waals surface area contributed by atoms with E-state index in [1.807, 2.05) is 6.92 Å². The second-order valence-electron chi connectivity index (χ2n) is 5.67. The van der Waals surface area contributed by atoms with E-state index in [0.717, 1.165) is 42.4 Å². The summed E-state index contributed by atoms with van der Waals surface area (Å²) in [5, 5.41) is 0. The summed E-state index contributed by atoms with van der Waals surface area (Å²) < 4.78 is 0. The zero-order valence-corrected chi connectivity index (χ0v) is 12.4. The third-order valence-electron chi connectivity index (χ3n) is 3.83.